The van der Waals surface area contributed by atoms with Crippen LogP contribution in [0.2, 0.25) is 0 Å². The molecule has 0 bridgehead atoms. The van der Waals surface area contributed by atoms with Gasteiger partial charge in [0, 0.05) is 63.4 Å². The van der Waals surface area contributed by atoms with E-state index in [9.17, 15) is 13.6 Å². The minimum Gasteiger partial charge on any atom is -0.382 e. The Labute approximate surface area is 245 Å². The number of methoxy groups -OCH3 is 2. The fourth-order valence-electron chi connectivity index (χ4n) is 5.44. The van der Waals surface area contributed by atoms with Crippen molar-refractivity contribution < 1.29 is 23.0 Å². The number of carbonyl (C=O) groups excluding carboxylic acids is 1. The molecule has 0 unspecified atom stereocenters. The smallest absolute Gasteiger partial charge is 0.258 e. The van der Waals surface area contributed by atoms with Crippen LogP contribution in [0.25, 0.3) is 0 Å². The first-order chi connectivity index (χ1) is 20.3. The van der Waals surface area contributed by atoms with Gasteiger partial charge in [0.25, 0.3) is 5.91 Å². The van der Waals surface area contributed by atoms with Crippen LogP contribution >= 0.6 is 0 Å². The predicted molar refractivity (Wildman–Crippen MR) is 161 cm³/mol. The number of carbonyl (C=O) groups is 1. The van der Waals surface area contributed by atoms with Crippen LogP contribution in [0.5, 0.6) is 0 Å². The highest BCUT2D eigenvalue weighted by atomic mass is 19.1. The molecule has 0 spiro atoms. The van der Waals surface area contributed by atoms with E-state index < -0.39 is 11.6 Å². The van der Waals surface area contributed by atoms with E-state index >= 15 is 0 Å². The molecule has 0 aliphatic carbocycles. The number of hydrogen-bond acceptors (Lipinski definition) is 7. The highest BCUT2D eigenvalue weighted by Crippen LogP contribution is 2.27. The molecule has 2 aliphatic rings. The van der Waals surface area contributed by atoms with E-state index in [0.29, 0.717) is 48.8 Å². The summed E-state index contributed by atoms with van der Waals surface area (Å²) in [6.45, 7) is 5.00. The summed E-state index contributed by atoms with van der Waals surface area (Å²) in [5.74, 6) is -1.04. The largest absolute Gasteiger partial charge is 0.382 e. The third-order valence-corrected chi connectivity index (χ3v) is 7.61. The van der Waals surface area contributed by atoms with Gasteiger partial charge in [-0.05, 0) is 66.6 Å². The molecule has 3 aromatic carbocycles. The standard InChI is InChI=1S/C32H37F2N5O3/c1-38-8-10-39(11-9-38)27-6-7-28(30(17-27)36-26(19-41-2)20-42-3)32(40)37-31-29-15-21(4-5-23(29)18-35-31)12-22-13-24(33)16-25(34)14-22/h4-7,13-17,26,36H,8-12,18-20H2,1-3H3,(H,35,37,40). The summed E-state index contributed by atoms with van der Waals surface area (Å²) in [5, 5.41) is 6.47. The van der Waals surface area contributed by atoms with E-state index in [0.717, 1.165) is 54.6 Å². The number of piperazine rings is 1. The van der Waals surface area contributed by atoms with Crippen LogP contribution in [-0.4, -0.2) is 83.3 Å². The van der Waals surface area contributed by atoms with Crippen LogP contribution in [0.4, 0.5) is 20.2 Å². The minimum absolute atomic E-state index is 0.158. The number of benzene rings is 3. The van der Waals surface area contributed by atoms with E-state index in [1.807, 2.05) is 36.4 Å². The van der Waals surface area contributed by atoms with Gasteiger partial charge in [0.1, 0.15) is 17.5 Å². The van der Waals surface area contributed by atoms with Gasteiger partial charge in [0.05, 0.1) is 31.4 Å². The average molecular weight is 578 g/mol. The lowest BCUT2D eigenvalue weighted by atomic mass is 9.99. The van der Waals surface area contributed by atoms with Crippen LogP contribution in [0.3, 0.4) is 0 Å². The maximum atomic E-state index is 13.7. The first-order valence-corrected chi connectivity index (χ1v) is 14.1. The van der Waals surface area contributed by atoms with Gasteiger partial charge in [-0.15, -0.1) is 0 Å². The molecule has 2 heterocycles. The van der Waals surface area contributed by atoms with E-state index in [1.165, 1.54) is 12.1 Å². The van der Waals surface area contributed by atoms with Crippen LogP contribution in [0.15, 0.2) is 59.6 Å². The lowest BCUT2D eigenvalue weighted by Crippen LogP contribution is -2.44. The van der Waals surface area contributed by atoms with Gasteiger partial charge in [0.15, 0.2) is 0 Å². The summed E-state index contributed by atoms with van der Waals surface area (Å²) in [5.41, 5.74) is 5.38. The second-order valence-electron chi connectivity index (χ2n) is 10.8. The van der Waals surface area contributed by atoms with Crippen LogP contribution in [-0.2, 0) is 22.4 Å². The van der Waals surface area contributed by atoms with Crippen molar-refractivity contribution in [2.24, 2.45) is 4.99 Å². The lowest BCUT2D eigenvalue weighted by Gasteiger charge is -2.34. The Morgan fingerprint density at radius 1 is 0.929 bits per heavy atom. The number of fused-ring (bicyclic) bond motifs is 1. The van der Waals surface area contributed by atoms with Crippen LogP contribution < -0.4 is 15.5 Å². The Kier molecular flexibility index (Phi) is 9.46. The van der Waals surface area contributed by atoms with Gasteiger partial charge in [0.2, 0.25) is 0 Å². The number of nitrogens with zero attached hydrogens (tertiary/aromatic N) is 3. The summed E-state index contributed by atoms with van der Waals surface area (Å²) in [6.07, 6.45) is 0.353. The molecule has 3 aromatic rings. The summed E-state index contributed by atoms with van der Waals surface area (Å²) in [4.78, 5) is 22.9. The molecule has 0 saturated carbocycles. The third kappa shape index (κ3) is 7.13. The quantitative estimate of drug-likeness (QED) is 0.379. The molecule has 42 heavy (non-hydrogen) atoms. The maximum absolute atomic E-state index is 13.7. The van der Waals surface area contributed by atoms with Crippen LogP contribution in [0, 0.1) is 11.6 Å². The normalized spacial score (nSPS) is 15.1. The van der Waals surface area contributed by atoms with Crippen molar-refractivity contribution in [2.45, 2.75) is 19.0 Å². The molecule has 2 aliphatic heterocycles. The molecule has 222 valence electrons. The van der Waals surface area contributed by atoms with Crippen molar-refractivity contribution in [1.82, 2.24) is 10.2 Å². The zero-order chi connectivity index (χ0) is 29.6. The first-order valence-electron chi connectivity index (χ1n) is 14.1. The van der Waals surface area contributed by atoms with Gasteiger partial charge in [-0.2, -0.15) is 0 Å². The average Bonchev–Trinajstić information content (AvgIpc) is 3.35. The lowest BCUT2D eigenvalue weighted by molar-refractivity contribution is 0.0977. The highest BCUT2D eigenvalue weighted by molar-refractivity contribution is 6.15. The molecular formula is C32H37F2N5O3. The summed E-state index contributed by atoms with van der Waals surface area (Å²) < 4.78 is 38.2. The zero-order valence-electron chi connectivity index (χ0n) is 24.3. The van der Waals surface area contributed by atoms with E-state index in [2.05, 4.69) is 32.5 Å². The summed E-state index contributed by atoms with van der Waals surface area (Å²) in [7, 11) is 5.38. The molecule has 0 atom stereocenters. The Morgan fingerprint density at radius 2 is 1.64 bits per heavy atom. The van der Waals surface area contributed by atoms with Gasteiger partial charge < -0.3 is 29.9 Å². The van der Waals surface area contributed by atoms with Crippen molar-refractivity contribution in [2.75, 3.05) is 70.9 Å². The number of aliphatic imine (C=N–C) groups is 1. The summed E-state index contributed by atoms with van der Waals surface area (Å²) in [6, 6.07) is 15.0. The Hall–Kier alpha value is -3.86. The van der Waals surface area contributed by atoms with Gasteiger partial charge >= 0.3 is 0 Å². The molecule has 8 nitrogen and oxygen atoms in total. The van der Waals surface area contributed by atoms with Gasteiger partial charge in [-0.1, -0.05) is 12.1 Å². The van der Waals surface area contributed by atoms with Crippen molar-refractivity contribution in [1.29, 1.82) is 0 Å². The second kappa shape index (κ2) is 13.4. The number of ether oxygens (including phenoxy) is 2. The fraction of sp³-hybridized carbons (Fsp3) is 0.375. The third-order valence-electron chi connectivity index (χ3n) is 7.61. The number of rotatable bonds is 10. The van der Waals surface area contributed by atoms with Gasteiger partial charge in [-0.3, -0.25) is 9.79 Å². The minimum atomic E-state index is -0.609. The maximum Gasteiger partial charge on any atom is 0.258 e. The molecule has 2 N–H and O–H groups in total. The van der Waals surface area contributed by atoms with Crippen LogP contribution in [0.1, 0.15) is 32.6 Å². The fourth-order valence-corrected chi connectivity index (χ4v) is 5.44. The number of amides is 1. The molecule has 0 aromatic heterocycles. The molecule has 5 rings (SSSR count). The molecule has 1 saturated heterocycles. The molecule has 1 fully saturated rings. The molecule has 0 radical (unpaired) electrons. The van der Waals surface area contributed by atoms with E-state index in [-0.39, 0.29) is 11.9 Å². The predicted octanol–water partition coefficient (Wildman–Crippen LogP) is 4.07. The highest BCUT2D eigenvalue weighted by Gasteiger charge is 2.23. The van der Waals surface area contributed by atoms with Crippen molar-refractivity contribution >= 4 is 23.1 Å². The Bertz CT molecular complexity index is 1430. The molecule has 10 heteroatoms. The van der Waals surface area contributed by atoms with Crippen molar-refractivity contribution in [3.05, 3.63) is 94.0 Å². The molecular weight excluding hydrogens is 540 g/mol. The number of amidine groups is 1. The van der Waals surface area contributed by atoms with E-state index in [4.69, 9.17) is 9.47 Å². The van der Waals surface area contributed by atoms with E-state index in [1.54, 1.807) is 14.2 Å². The number of hydrogen-bond donors (Lipinski definition) is 2. The van der Waals surface area contributed by atoms with Crippen molar-refractivity contribution in [3.8, 4) is 0 Å². The number of anilines is 2. The number of halogens is 2. The monoisotopic (exact) mass is 577 g/mol. The number of nitrogens with one attached hydrogen (secondary N) is 2. The number of likely N-dealkylation sites (N-methyl/N-ethyl adjacent to an activating group) is 1. The van der Waals surface area contributed by atoms with Crippen molar-refractivity contribution in [3.63, 3.8) is 0 Å². The topological polar surface area (TPSA) is 78.4 Å². The second-order valence-corrected chi connectivity index (χ2v) is 10.8. The SMILES string of the molecule is COCC(COC)Nc1cc(N2CCN(C)CC2)ccc1C(=O)NC1=NCc2ccc(Cc3cc(F)cc(F)c3)cc21. The Morgan fingerprint density at radius 3 is 2.33 bits per heavy atom. The first kappa shape index (κ1) is 29.6. The summed E-state index contributed by atoms with van der Waals surface area (Å²) >= 11 is 0. The Balaban J connectivity index is 1.38. The molecule has 1 amide bonds. The zero-order valence-corrected chi connectivity index (χ0v) is 24.3. The van der Waals surface area contributed by atoms with Gasteiger partial charge in [-0.25, -0.2) is 8.78 Å².